The van der Waals surface area contributed by atoms with Crippen LogP contribution in [0.3, 0.4) is 0 Å². The Labute approximate surface area is 121 Å². The standard InChI is InChI=1S/C15H13Cl2FO/c1-9-2-3-10(7-14(9)18)15(19)8-11-6-12(16)4-5-13(11)17/h2-7,15,19H,8H2,1H3. The fourth-order valence-corrected chi connectivity index (χ4v) is 2.23. The van der Waals surface area contributed by atoms with Gasteiger partial charge in [0.1, 0.15) is 5.82 Å². The molecule has 0 fully saturated rings. The molecule has 0 spiro atoms. The van der Waals surface area contributed by atoms with Crippen LogP contribution in [0.2, 0.25) is 10.0 Å². The molecule has 0 aliphatic heterocycles. The topological polar surface area (TPSA) is 20.2 Å². The molecule has 2 aromatic rings. The number of aliphatic hydroxyl groups is 1. The molecule has 1 atom stereocenters. The van der Waals surface area contributed by atoms with E-state index in [0.29, 0.717) is 27.6 Å². The van der Waals surface area contributed by atoms with Crippen molar-refractivity contribution in [3.63, 3.8) is 0 Å². The van der Waals surface area contributed by atoms with Gasteiger partial charge in [-0.2, -0.15) is 0 Å². The fourth-order valence-electron chi connectivity index (χ4n) is 1.84. The summed E-state index contributed by atoms with van der Waals surface area (Å²) < 4.78 is 13.5. The largest absolute Gasteiger partial charge is 0.388 e. The predicted octanol–water partition coefficient (Wildman–Crippen LogP) is 4.72. The van der Waals surface area contributed by atoms with E-state index in [0.717, 1.165) is 5.56 Å². The van der Waals surface area contributed by atoms with Crippen LogP contribution in [0, 0.1) is 12.7 Å². The van der Waals surface area contributed by atoms with Crippen LogP contribution in [0.25, 0.3) is 0 Å². The predicted molar refractivity (Wildman–Crippen MR) is 76.3 cm³/mol. The van der Waals surface area contributed by atoms with Crippen LogP contribution in [-0.2, 0) is 6.42 Å². The molecule has 0 bridgehead atoms. The van der Waals surface area contributed by atoms with Crippen molar-refractivity contribution in [2.45, 2.75) is 19.4 Å². The minimum absolute atomic E-state index is 0.294. The number of benzene rings is 2. The van der Waals surface area contributed by atoms with Crippen molar-refractivity contribution in [1.29, 1.82) is 0 Å². The molecule has 0 aliphatic carbocycles. The van der Waals surface area contributed by atoms with Gasteiger partial charge in [-0.05, 0) is 47.9 Å². The molecule has 0 aromatic heterocycles. The molecule has 2 aromatic carbocycles. The molecule has 2 rings (SSSR count). The average molecular weight is 299 g/mol. The quantitative estimate of drug-likeness (QED) is 0.869. The molecule has 1 N–H and O–H groups in total. The smallest absolute Gasteiger partial charge is 0.126 e. The Kier molecular flexibility index (Phi) is 4.46. The molecule has 0 amide bonds. The van der Waals surface area contributed by atoms with E-state index in [1.165, 1.54) is 6.07 Å². The highest BCUT2D eigenvalue weighted by atomic mass is 35.5. The lowest BCUT2D eigenvalue weighted by atomic mass is 10.0. The zero-order valence-electron chi connectivity index (χ0n) is 10.3. The number of aliphatic hydroxyl groups excluding tert-OH is 1. The first-order valence-electron chi connectivity index (χ1n) is 5.85. The fraction of sp³-hybridized carbons (Fsp3) is 0.200. The highest BCUT2D eigenvalue weighted by molar-refractivity contribution is 6.33. The van der Waals surface area contributed by atoms with Gasteiger partial charge in [0.15, 0.2) is 0 Å². The van der Waals surface area contributed by atoms with Gasteiger partial charge in [0.05, 0.1) is 6.10 Å². The van der Waals surface area contributed by atoms with Crippen molar-refractivity contribution >= 4 is 23.2 Å². The summed E-state index contributed by atoms with van der Waals surface area (Å²) in [7, 11) is 0. The van der Waals surface area contributed by atoms with Gasteiger partial charge >= 0.3 is 0 Å². The van der Waals surface area contributed by atoms with E-state index in [9.17, 15) is 9.50 Å². The summed E-state index contributed by atoms with van der Waals surface area (Å²) in [6.45, 7) is 1.68. The van der Waals surface area contributed by atoms with Crippen LogP contribution < -0.4 is 0 Å². The molecule has 0 aliphatic rings. The van der Waals surface area contributed by atoms with Crippen molar-refractivity contribution in [3.8, 4) is 0 Å². The Morgan fingerprint density at radius 2 is 1.89 bits per heavy atom. The normalized spacial score (nSPS) is 12.5. The lowest BCUT2D eigenvalue weighted by molar-refractivity contribution is 0.178. The van der Waals surface area contributed by atoms with Gasteiger partial charge in [-0.15, -0.1) is 0 Å². The first kappa shape index (κ1) is 14.3. The summed E-state index contributed by atoms with van der Waals surface area (Å²) in [6, 6.07) is 9.78. The van der Waals surface area contributed by atoms with Crippen molar-refractivity contribution in [2.75, 3.05) is 0 Å². The van der Waals surface area contributed by atoms with E-state index in [1.54, 1.807) is 37.3 Å². The molecule has 19 heavy (non-hydrogen) atoms. The van der Waals surface area contributed by atoms with Gasteiger partial charge in [0.25, 0.3) is 0 Å². The number of aryl methyl sites for hydroxylation is 1. The Morgan fingerprint density at radius 1 is 1.16 bits per heavy atom. The maximum Gasteiger partial charge on any atom is 0.126 e. The summed E-state index contributed by atoms with van der Waals surface area (Å²) in [4.78, 5) is 0. The average Bonchev–Trinajstić information content (AvgIpc) is 2.37. The van der Waals surface area contributed by atoms with Gasteiger partial charge in [-0.25, -0.2) is 4.39 Å². The molecular weight excluding hydrogens is 286 g/mol. The first-order chi connectivity index (χ1) is 8.97. The van der Waals surface area contributed by atoms with Crippen LogP contribution in [0.4, 0.5) is 4.39 Å². The highest BCUT2D eigenvalue weighted by Gasteiger charge is 2.12. The number of hydrogen-bond donors (Lipinski definition) is 1. The van der Waals surface area contributed by atoms with Crippen LogP contribution in [-0.4, -0.2) is 5.11 Å². The second kappa shape index (κ2) is 5.91. The van der Waals surface area contributed by atoms with E-state index in [1.807, 2.05) is 0 Å². The van der Waals surface area contributed by atoms with Crippen molar-refractivity contribution < 1.29 is 9.50 Å². The second-order valence-corrected chi connectivity index (χ2v) is 5.31. The van der Waals surface area contributed by atoms with Gasteiger partial charge in [0, 0.05) is 16.5 Å². The van der Waals surface area contributed by atoms with Crippen LogP contribution in [0.15, 0.2) is 36.4 Å². The molecule has 1 unspecified atom stereocenters. The summed E-state index contributed by atoms with van der Waals surface area (Å²) in [5.74, 6) is -0.325. The van der Waals surface area contributed by atoms with E-state index in [4.69, 9.17) is 23.2 Å². The zero-order valence-corrected chi connectivity index (χ0v) is 11.8. The van der Waals surface area contributed by atoms with E-state index in [-0.39, 0.29) is 5.82 Å². The van der Waals surface area contributed by atoms with Crippen LogP contribution in [0.5, 0.6) is 0 Å². The van der Waals surface area contributed by atoms with Gasteiger partial charge in [0.2, 0.25) is 0 Å². The maximum atomic E-state index is 13.5. The maximum absolute atomic E-state index is 13.5. The van der Waals surface area contributed by atoms with Gasteiger partial charge < -0.3 is 5.11 Å². The number of hydrogen-bond acceptors (Lipinski definition) is 1. The summed E-state index contributed by atoms with van der Waals surface area (Å²) >= 11 is 11.9. The van der Waals surface area contributed by atoms with Gasteiger partial charge in [-0.1, -0.05) is 35.3 Å². The Morgan fingerprint density at radius 3 is 2.58 bits per heavy atom. The minimum Gasteiger partial charge on any atom is -0.388 e. The molecule has 0 saturated heterocycles. The molecule has 0 radical (unpaired) electrons. The SMILES string of the molecule is Cc1ccc(C(O)Cc2cc(Cl)ccc2Cl)cc1F. The Bertz CT molecular complexity index is 599. The lowest BCUT2D eigenvalue weighted by Crippen LogP contribution is -2.03. The van der Waals surface area contributed by atoms with E-state index in [2.05, 4.69) is 0 Å². The molecule has 1 nitrogen and oxygen atoms in total. The second-order valence-electron chi connectivity index (χ2n) is 4.46. The monoisotopic (exact) mass is 298 g/mol. The summed E-state index contributed by atoms with van der Waals surface area (Å²) in [5, 5.41) is 11.2. The van der Waals surface area contributed by atoms with E-state index >= 15 is 0 Å². The third-order valence-electron chi connectivity index (χ3n) is 3.00. The van der Waals surface area contributed by atoms with Crippen LogP contribution in [0.1, 0.15) is 22.8 Å². The Balaban J connectivity index is 2.22. The summed E-state index contributed by atoms with van der Waals surface area (Å²) in [6.07, 6.45) is -0.520. The van der Waals surface area contributed by atoms with E-state index < -0.39 is 6.10 Å². The van der Waals surface area contributed by atoms with Crippen LogP contribution >= 0.6 is 23.2 Å². The van der Waals surface area contributed by atoms with Crippen molar-refractivity contribution in [3.05, 3.63) is 69.0 Å². The third kappa shape index (κ3) is 3.47. The number of rotatable bonds is 3. The molecule has 0 heterocycles. The van der Waals surface area contributed by atoms with Crippen molar-refractivity contribution in [2.24, 2.45) is 0 Å². The molecule has 4 heteroatoms. The zero-order chi connectivity index (χ0) is 14.0. The lowest BCUT2D eigenvalue weighted by Gasteiger charge is -2.13. The number of halogens is 3. The van der Waals surface area contributed by atoms with Gasteiger partial charge in [-0.3, -0.25) is 0 Å². The Hall–Kier alpha value is -1.09. The highest BCUT2D eigenvalue weighted by Crippen LogP contribution is 2.26. The summed E-state index contributed by atoms with van der Waals surface area (Å²) in [5.41, 5.74) is 1.82. The molecule has 0 saturated carbocycles. The first-order valence-corrected chi connectivity index (χ1v) is 6.61. The minimum atomic E-state index is -0.814. The van der Waals surface area contributed by atoms with Crippen molar-refractivity contribution in [1.82, 2.24) is 0 Å². The molecule has 100 valence electrons. The molecular formula is C15H13Cl2FO. The third-order valence-corrected chi connectivity index (χ3v) is 3.61.